The summed E-state index contributed by atoms with van der Waals surface area (Å²) in [5.41, 5.74) is 1.90. The van der Waals surface area contributed by atoms with Crippen molar-refractivity contribution in [3.05, 3.63) is 94.0 Å². The molecule has 0 saturated heterocycles. The number of carbonyl (C=O) groups excluding carboxylic acids is 1. The van der Waals surface area contributed by atoms with Crippen molar-refractivity contribution in [3.63, 3.8) is 0 Å². The summed E-state index contributed by atoms with van der Waals surface area (Å²) in [5.74, 6) is -1.00. The van der Waals surface area contributed by atoms with Crippen LogP contribution in [0.5, 0.6) is 0 Å². The maximum Gasteiger partial charge on any atom is 0.410 e. The standard InChI is InChI=1S/C32H38ClNO7S/c1-21-9-15-29(25(17-21)12-16-30(36)37)42(39,40)27-13-10-23(11-14-27)18-22(2)34(31(38)41-32(3,4)5)20-28(35)24-7-6-8-26(33)19-24/h6-11,13-15,17,19,22,28,35H,12,16,18,20H2,1-5H3,(H,36,37)/t22-,28-/m1/s1. The molecule has 0 fully saturated rings. The average molecular weight is 616 g/mol. The van der Waals surface area contributed by atoms with Crippen molar-refractivity contribution in [2.45, 2.75) is 81.4 Å². The van der Waals surface area contributed by atoms with Gasteiger partial charge in [-0.25, -0.2) is 13.2 Å². The molecule has 3 aromatic carbocycles. The molecular weight excluding hydrogens is 578 g/mol. The highest BCUT2D eigenvalue weighted by Gasteiger charge is 2.29. The van der Waals surface area contributed by atoms with Gasteiger partial charge < -0.3 is 19.8 Å². The molecule has 8 nitrogen and oxygen atoms in total. The van der Waals surface area contributed by atoms with Crippen LogP contribution in [0.4, 0.5) is 4.79 Å². The number of carbonyl (C=O) groups is 2. The molecule has 10 heteroatoms. The van der Waals surface area contributed by atoms with E-state index >= 15 is 0 Å². The number of aliphatic hydroxyl groups excluding tert-OH is 1. The van der Waals surface area contributed by atoms with Crippen molar-refractivity contribution in [1.29, 1.82) is 0 Å². The monoisotopic (exact) mass is 615 g/mol. The van der Waals surface area contributed by atoms with Gasteiger partial charge in [0.25, 0.3) is 0 Å². The quantitative estimate of drug-likeness (QED) is 0.256. The summed E-state index contributed by atoms with van der Waals surface area (Å²) >= 11 is 6.09. The molecule has 2 N–H and O–H groups in total. The zero-order valence-corrected chi connectivity index (χ0v) is 26.1. The largest absolute Gasteiger partial charge is 0.481 e. The summed E-state index contributed by atoms with van der Waals surface area (Å²) in [7, 11) is -3.90. The second-order valence-electron chi connectivity index (χ2n) is 11.4. The van der Waals surface area contributed by atoms with Gasteiger partial charge in [0.1, 0.15) is 5.60 Å². The molecular formula is C32H38ClNO7S. The molecule has 0 radical (unpaired) electrons. The average Bonchev–Trinajstić information content (AvgIpc) is 2.89. The topological polar surface area (TPSA) is 121 Å². The third kappa shape index (κ3) is 9.05. The zero-order chi connectivity index (χ0) is 31.2. The number of hydrogen-bond acceptors (Lipinski definition) is 6. The fourth-order valence-corrected chi connectivity index (χ4v) is 6.25. The Kier molecular flexibility index (Phi) is 10.8. The Bertz CT molecular complexity index is 1510. The maximum atomic E-state index is 13.5. The fourth-order valence-electron chi connectivity index (χ4n) is 4.55. The number of halogens is 1. The summed E-state index contributed by atoms with van der Waals surface area (Å²) in [4.78, 5) is 25.9. The van der Waals surface area contributed by atoms with E-state index in [1.165, 1.54) is 23.1 Å². The molecule has 0 spiro atoms. The molecule has 0 bridgehead atoms. The number of carboxylic acid groups (broad SMARTS) is 1. The predicted molar refractivity (Wildman–Crippen MR) is 162 cm³/mol. The molecule has 42 heavy (non-hydrogen) atoms. The van der Waals surface area contributed by atoms with E-state index in [9.17, 15) is 23.1 Å². The normalized spacial score (nSPS) is 13.3. The van der Waals surface area contributed by atoms with E-state index in [0.717, 1.165) is 11.1 Å². The van der Waals surface area contributed by atoms with Crippen LogP contribution < -0.4 is 0 Å². The molecule has 1 amide bonds. The highest BCUT2D eigenvalue weighted by molar-refractivity contribution is 7.91. The number of rotatable bonds is 11. The fraction of sp³-hybridized carbons (Fsp3) is 0.375. The third-order valence-electron chi connectivity index (χ3n) is 6.64. The van der Waals surface area contributed by atoms with E-state index < -0.39 is 39.6 Å². The lowest BCUT2D eigenvalue weighted by Crippen LogP contribution is -2.45. The number of nitrogens with zero attached hydrogens (tertiary/aromatic N) is 1. The van der Waals surface area contributed by atoms with Crippen LogP contribution in [0, 0.1) is 6.92 Å². The van der Waals surface area contributed by atoms with E-state index in [0.29, 0.717) is 22.6 Å². The van der Waals surface area contributed by atoms with Gasteiger partial charge in [-0.05, 0) is 94.5 Å². The summed E-state index contributed by atoms with van der Waals surface area (Å²) in [6.07, 6.45) is -1.29. The van der Waals surface area contributed by atoms with Gasteiger partial charge in [0, 0.05) is 17.5 Å². The van der Waals surface area contributed by atoms with E-state index in [1.807, 2.05) is 13.8 Å². The van der Waals surface area contributed by atoms with Crippen LogP contribution in [0.1, 0.15) is 62.5 Å². The van der Waals surface area contributed by atoms with Gasteiger partial charge in [-0.15, -0.1) is 0 Å². The first-order chi connectivity index (χ1) is 19.6. The second kappa shape index (κ2) is 13.7. The SMILES string of the molecule is Cc1ccc(S(=O)(=O)c2ccc(C[C@@H](C)N(C[C@@H](O)c3cccc(Cl)c3)C(=O)OC(C)(C)C)cc2)c(CCC(=O)O)c1. The Morgan fingerprint density at radius 2 is 1.69 bits per heavy atom. The van der Waals surface area contributed by atoms with E-state index in [-0.39, 0.29) is 29.2 Å². The molecule has 0 aliphatic rings. The number of benzene rings is 3. The highest BCUT2D eigenvalue weighted by atomic mass is 35.5. The molecule has 0 aliphatic heterocycles. The van der Waals surface area contributed by atoms with Gasteiger partial charge in [0.2, 0.25) is 9.84 Å². The van der Waals surface area contributed by atoms with E-state index in [4.69, 9.17) is 21.4 Å². The van der Waals surface area contributed by atoms with Gasteiger partial charge in [-0.2, -0.15) is 0 Å². The minimum absolute atomic E-state index is 0.0323. The van der Waals surface area contributed by atoms with Crippen LogP contribution in [0.2, 0.25) is 5.02 Å². The van der Waals surface area contributed by atoms with Gasteiger partial charge in [-0.1, -0.05) is 53.6 Å². The molecule has 0 saturated carbocycles. The Morgan fingerprint density at radius 3 is 2.29 bits per heavy atom. The molecule has 3 aromatic rings. The van der Waals surface area contributed by atoms with Crippen molar-refractivity contribution in [3.8, 4) is 0 Å². The van der Waals surface area contributed by atoms with Crippen LogP contribution in [-0.2, 0) is 32.2 Å². The molecule has 0 aliphatic carbocycles. The molecule has 0 aromatic heterocycles. The van der Waals surface area contributed by atoms with Crippen LogP contribution in [-0.4, -0.2) is 53.8 Å². The van der Waals surface area contributed by atoms with E-state index in [2.05, 4.69) is 0 Å². The second-order valence-corrected chi connectivity index (χ2v) is 13.8. The van der Waals surface area contributed by atoms with Gasteiger partial charge in [0.05, 0.1) is 22.4 Å². The van der Waals surface area contributed by atoms with Crippen molar-refractivity contribution in [2.75, 3.05) is 6.54 Å². The number of ether oxygens (including phenoxy) is 1. The van der Waals surface area contributed by atoms with Gasteiger partial charge in [0.15, 0.2) is 0 Å². The van der Waals surface area contributed by atoms with Crippen LogP contribution in [0.25, 0.3) is 0 Å². The smallest absolute Gasteiger partial charge is 0.410 e. The lowest BCUT2D eigenvalue weighted by Gasteiger charge is -2.33. The minimum atomic E-state index is -3.90. The van der Waals surface area contributed by atoms with Crippen molar-refractivity contribution in [1.82, 2.24) is 4.90 Å². The summed E-state index contributed by atoms with van der Waals surface area (Å²) in [5, 5.41) is 20.5. The van der Waals surface area contributed by atoms with Crippen LogP contribution in [0.3, 0.4) is 0 Å². The Hall–Kier alpha value is -3.40. The van der Waals surface area contributed by atoms with Crippen LogP contribution >= 0.6 is 11.6 Å². The van der Waals surface area contributed by atoms with E-state index in [1.54, 1.807) is 69.3 Å². The lowest BCUT2D eigenvalue weighted by atomic mass is 10.0. The Labute approximate surface area is 252 Å². The number of aliphatic carboxylic acids is 1. The number of hydrogen-bond donors (Lipinski definition) is 2. The Balaban J connectivity index is 1.83. The number of aryl methyl sites for hydroxylation is 2. The number of aliphatic hydroxyl groups is 1. The molecule has 2 atom stereocenters. The first-order valence-corrected chi connectivity index (χ1v) is 15.5. The molecule has 0 heterocycles. The molecule has 226 valence electrons. The predicted octanol–water partition coefficient (Wildman–Crippen LogP) is 6.40. The van der Waals surface area contributed by atoms with Gasteiger partial charge >= 0.3 is 12.1 Å². The first kappa shape index (κ1) is 33.1. The van der Waals surface area contributed by atoms with Crippen molar-refractivity contribution in [2.24, 2.45) is 0 Å². The summed E-state index contributed by atoms with van der Waals surface area (Å²) in [6, 6.07) is 17.7. The first-order valence-electron chi connectivity index (χ1n) is 13.7. The number of carboxylic acids is 1. The highest BCUT2D eigenvalue weighted by Crippen LogP contribution is 2.27. The molecule has 3 rings (SSSR count). The maximum absolute atomic E-state index is 13.5. The van der Waals surface area contributed by atoms with Crippen molar-refractivity contribution < 1.29 is 33.0 Å². The Morgan fingerprint density at radius 1 is 1.02 bits per heavy atom. The number of sulfone groups is 1. The van der Waals surface area contributed by atoms with Crippen LogP contribution in [0.15, 0.2) is 76.5 Å². The minimum Gasteiger partial charge on any atom is -0.481 e. The third-order valence-corrected chi connectivity index (χ3v) is 8.75. The lowest BCUT2D eigenvalue weighted by molar-refractivity contribution is -0.136. The zero-order valence-electron chi connectivity index (χ0n) is 24.5. The summed E-state index contributed by atoms with van der Waals surface area (Å²) in [6.45, 7) is 8.92. The molecule has 0 unspecified atom stereocenters. The summed E-state index contributed by atoms with van der Waals surface area (Å²) < 4.78 is 32.6. The van der Waals surface area contributed by atoms with Crippen molar-refractivity contribution >= 4 is 33.5 Å². The number of amides is 1. The van der Waals surface area contributed by atoms with Gasteiger partial charge in [-0.3, -0.25) is 4.79 Å².